The Bertz CT molecular complexity index is 426. The molecule has 3 nitrogen and oxygen atoms in total. The van der Waals surface area contributed by atoms with Crippen LogP contribution in [0.15, 0.2) is 15.9 Å². The Balaban J connectivity index is 0.00000162. The lowest BCUT2D eigenvalue weighted by Crippen LogP contribution is -2.35. The van der Waals surface area contributed by atoms with E-state index in [1.165, 1.54) is 0 Å². The van der Waals surface area contributed by atoms with E-state index in [-0.39, 0.29) is 23.7 Å². The van der Waals surface area contributed by atoms with E-state index in [1.54, 1.807) is 11.3 Å². The molecule has 1 saturated heterocycles. The summed E-state index contributed by atoms with van der Waals surface area (Å²) in [6.07, 6.45) is 1.53. The van der Waals surface area contributed by atoms with Gasteiger partial charge in [0.05, 0.1) is 10.2 Å². The second-order valence-electron chi connectivity index (χ2n) is 4.96. The molecule has 1 unspecified atom stereocenters. The van der Waals surface area contributed by atoms with Crippen molar-refractivity contribution in [1.29, 1.82) is 0 Å². The molecule has 0 aromatic carbocycles. The lowest BCUT2D eigenvalue weighted by atomic mass is 9.90. The lowest BCUT2D eigenvalue weighted by Gasteiger charge is -2.22. The Morgan fingerprint density at radius 3 is 2.83 bits per heavy atom. The van der Waals surface area contributed by atoms with E-state index in [4.69, 9.17) is 5.73 Å². The summed E-state index contributed by atoms with van der Waals surface area (Å²) in [4.78, 5) is 15.2. The zero-order valence-electron chi connectivity index (χ0n) is 10.3. The molecule has 102 valence electrons. The van der Waals surface area contributed by atoms with Gasteiger partial charge in [-0.05, 0) is 46.4 Å². The number of carbonyl (C=O) groups is 1. The molecule has 1 atom stereocenters. The van der Waals surface area contributed by atoms with Crippen molar-refractivity contribution in [1.82, 2.24) is 4.90 Å². The molecule has 18 heavy (non-hydrogen) atoms. The van der Waals surface area contributed by atoms with Gasteiger partial charge < -0.3 is 10.6 Å². The Morgan fingerprint density at radius 1 is 1.61 bits per heavy atom. The molecule has 2 heterocycles. The summed E-state index contributed by atoms with van der Waals surface area (Å²) in [5.74, 6) is 0.219. The summed E-state index contributed by atoms with van der Waals surface area (Å²) in [5, 5.41) is 0. The molecule has 1 aliphatic heterocycles. The average molecular weight is 354 g/mol. The molecule has 1 aliphatic rings. The van der Waals surface area contributed by atoms with Gasteiger partial charge in [-0.1, -0.05) is 6.92 Å². The Labute approximate surface area is 126 Å². The predicted molar refractivity (Wildman–Crippen MR) is 81.3 cm³/mol. The van der Waals surface area contributed by atoms with Crippen molar-refractivity contribution in [2.45, 2.75) is 19.8 Å². The van der Waals surface area contributed by atoms with Crippen molar-refractivity contribution in [3.8, 4) is 0 Å². The maximum atomic E-state index is 12.1. The van der Waals surface area contributed by atoms with Gasteiger partial charge in [0.2, 0.25) is 5.91 Å². The predicted octanol–water partition coefficient (Wildman–Crippen LogP) is 2.67. The van der Waals surface area contributed by atoms with Crippen molar-refractivity contribution in [2.24, 2.45) is 11.1 Å². The third-order valence-corrected chi connectivity index (χ3v) is 4.98. The Morgan fingerprint density at radius 2 is 2.33 bits per heavy atom. The van der Waals surface area contributed by atoms with Crippen LogP contribution in [0.5, 0.6) is 0 Å². The second kappa shape index (κ2) is 6.37. The topological polar surface area (TPSA) is 46.3 Å². The van der Waals surface area contributed by atoms with Crippen LogP contribution in [0.4, 0.5) is 0 Å². The molecule has 0 aliphatic carbocycles. The minimum absolute atomic E-state index is 0. The van der Waals surface area contributed by atoms with E-state index in [0.29, 0.717) is 13.0 Å². The van der Waals surface area contributed by atoms with E-state index < -0.39 is 0 Å². The molecular weight excluding hydrogens is 336 g/mol. The van der Waals surface area contributed by atoms with Gasteiger partial charge in [0, 0.05) is 18.0 Å². The van der Waals surface area contributed by atoms with Gasteiger partial charge in [-0.25, -0.2) is 0 Å². The number of amides is 1. The minimum atomic E-state index is 0. The average Bonchev–Trinajstić information content (AvgIpc) is 2.86. The fourth-order valence-electron chi connectivity index (χ4n) is 2.11. The standard InChI is InChI=1S/C12H17BrN2OS.ClH/c1-12(7-14)4-5-15(8-12)11(16)6-9-2-3-10(13)17-9;/h2-3H,4-8,14H2,1H3;1H. The van der Waals surface area contributed by atoms with Crippen LogP contribution >= 0.6 is 39.7 Å². The molecule has 1 aromatic heterocycles. The van der Waals surface area contributed by atoms with E-state index in [0.717, 1.165) is 28.2 Å². The largest absolute Gasteiger partial charge is 0.342 e. The van der Waals surface area contributed by atoms with E-state index in [1.807, 2.05) is 17.0 Å². The van der Waals surface area contributed by atoms with Crippen molar-refractivity contribution in [3.63, 3.8) is 0 Å². The fraction of sp³-hybridized carbons (Fsp3) is 0.583. The van der Waals surface area contributed by atoms with Gasteiger partial charge in [-0.2, -0.15) is 0 Å². The maximum absolute atomic E-state index is 12.1. The number of carbonyl (C=O) groups excluding carboxylic acids is 1. The summed E-state index contributed by atoms with van der Waals surface area (Å²) in [6.45, 7) is 4.46. The summed E-state index contributed by atoms with van der Waals surface area (Å²) < 4.78 is 1.08. The van der Waals surface area contributed by atoms with Crippen molar-refractivity contribution >= 4 is 45.6 Å². The number of nitrogens with zero attached hydrogens (tertiary/aromatic N) is 1. The highest BCUT2D eigenvalue weighted by atomic mass is 79.9. The quantitative estimate of drug-likeness (QED) is 0.908. The highest BCUT2D eigenvalue weighted by Gasteiger charge is 2.34. The molecule has 2 rings (SSSR count). The van der Waals surface area contributed by atoms with Gasteiger partial charge in [-0.15, -0.1) is 23.7 Å². The van der Waals surface area contributed by atoms with Gasteiger partial charge in [0.1, 0.15) is 0 Å². The van der Waals surface area contributed by atoms with Crippen molar-refractivity contribution in [2.75, 3.05) is 19.6 Å². The zero-order valence-corrected chi connectivity index (χ0v) is 13.5. The number of thiophene rings is 1. The van der Waals surface area contributed by atoms with Gasteiger partial charge >= 0.3 is 0 Å². The number of rotatable bonds is 3. The first kappa shape index (κ1) is 16.0. The third kappa shape index (κ3) is 3.70. The van der Waals surface area contributed by atoms with Gasteiger partial charge in [0.25, 0.3) is 0 Å². The summed E-state index contributed by atoms with van der Waals surface area (Å²) in [7, 11) is 0. The zero-order chi connectivity index (χ0) is 12.5. The van der Waals surface area contributed by atoms with E-state index in [2.05, 4.69) is 22.9 Å². The first-order chi connectivity index (χ1) is 8.02. The number of hydrogen-bond donors (Lipinski definition) is 1. The minimum Gasteiger partial charge on any atom is -0.342 e. The third-order valence-electron chi connectivity index (χ3n) is 3.36. The molecule has 1 amide bonds. The SMILES string of the molecule is CC1(CN)CCN(C(=O)Cc2ccc(Br)s2)C1.Cl. The fourth-order valence-corrected chi connectivity index (χ4v) is 3.59. The van der Waals surface area contributed by atoms with E-state index in [9.17, 15) is 4.79 Å². The van der Waals surface area contributed by atoms with Crippen LogP contribution < -0.4 is 5.73 Å². The molecule has 2 N–H and O–H groups in total. The smallest absolute Gasteiger partial charge is 0.227 e. The lowest BCUT2D eigenvalue weighted by molar-refractivity contribution is -0.129. The molecular formula is C12H18BrClN2OS. The van der Waals surface area contributed by atoms with Crippen LogP contribution in [0.1, 0.15) is 18.2 Å². The number of hydrogen-bond acceptors (Lipinski definition) is 3. The Kier molecular flexibility index (Phi) is 5.65. The first-order valence-corrected chi connectivity index (χ1v) is 7.35. The van der Waals surface area contributed by atoms with E-state index >= 15 is 0 Å². The monoisotopic (exact) mass is 352 g/mol. The van der Waals surface area contributed by atoms with Gasteiger partial charge in [0.15, 0.2) is 0 Å². The van der Waals surface area contributed by atoms with Crippen LogP contribution in [0, 0.1) is 5.41 Å². The Hall–Kier alpha value is -0.100. The summed E-state index contributed by atoms with van der Waals surface area (Å²) in [6, 6.07) is 3.99. The van der Waals surface area contributed by atoms with Crippen molar-refractivity contribution in [3.05, 3.63) is 20.8 Å². The molecule has 0 radical (unpaired) electrons. The second-order valence-corrected chi connectivity index (χ2v) is 7.51. The highest BCUT2D eigenvalue weighted by Crippen LogP contribution is 2.29. The molecule has 1 fully saturated rings. The van der Waals surface area contributed by atoms with Crippen LogP contribution in [0.2, 0.25) is 0 Å². The molecule has 6 heteroatoms. The molecule has 0 bridgehead atoms. The number of nitrogens with two attached hydrogens (primary N) is 1. The first-order valence-electron chi connectivity index (χ1n) is 5.74. The van der Waals surface area contributed by atoms with Crippen LogP contribution in [0.25, 0.3) is 0 Å². The summed E-state index contributed by atoms with van der Waals surface area (Å²) >= 11 is 5.04. The van der Waals surface area contributed by atoms with Crippen molar-refractivity contribution < 1.29 is 4.79 Å². The highest BCUT2D eigenvalue weighted by molar-refractivity contribution is 9.11. The normalized spacial score (nSPS) is 22.9. The molecule has 0 spiro atoms. The maximum Gasteiger partial charge on any atom is 0.227 e. The summed E-state index contributed by atoms with van der Waals surface area (Å²) in [5.41, 5.74) is 5.86. The van der Waals surface area contributed by atoms with Crippen LogP contribution in [-0.2, 0) is 11.2 Å². The number of likely N-dealkylation sites (tertiary alicyclic amines) is 1. The van der Waals surface area contributed by atoms with Gasteiger partial charge in [-0.3, -0.25) is 4.79 Å². The molecule has 0 saturated carbocycles. The molecule has 1 aromatic rings. The van der Waals surface area contributed by atoms with Crippen LogP contribution in [-0.4, -0.2) is 30.4 Å². The van der Waals surface area contributed by atoms with Crippen LogP contribution in [0.3, 0.4) is 0 Å². The number of halogens is 2.